The van der Waals surface area contributed by atoms with Gasteiger partial charge in [0, 0.05) is 38.5 Å². The van der Waals surface area contributed by atoms with Crippen LogP contribution >= 0.6 is 0 Å². The Morgan fingerprint density at radius 3 is 1.19 bits per heavy atom. The van der Waals surface area contributed by atoms with Gasteiger partial charge in [0.25, 0.3) is 0 Å². The van der Waals surface area contributed by atoms with Gasteiger partial charge in [-0.05, 0) is 261 Å². The molecule has 13 fully saturated rings. The molecule has 19 unspecified atom stereocenters. The maximum atomic E-state index is 12.6. The summed E-state index contributed by atoms with van der Waals surface area (Å²) < 4.78 is 97.0. The lowest BCUT2D eigenvalue weighted by atomic mass is 9.71. The van der Waals surface area contributed by atoms with E-state index >= 15 is 0 Å². The molecule has 0 spiro atoms. The number of fused-ring (bicyclic) bond motifs is 13. The maximum absolute atomic E-state index is 12.6. The van der Waals surface area contributed by atoms with Crippen molar-refractivity contribution in [3.05, 3.63) is 0 Å². The molecule has 19 atom stereocenters. The van der Waals surface area contributed by atoms with E-state index < -0.39 is 137 Å². The van der Waals surface area contributed by atoms with Crippen LogP contribution in [0.25, 0.3) is 0 Å². The quantitative estimate of drug-likeness (QED) is 0.0426. The third kappa shape index (κ3) is 29.2. The van der Waals surface area contributed by atoms with Crippen LogP contribution in [0.2, 0.25) is 0 Å². The zero-order valence-electron chi connectivity index (χ0n) is 88.3. The Hall–Kier alpha value is -9.54. The third-order valence-electron chi connectivity index (χ3n) is 31.3. The summed E-state index contributed by atoms with van der Waals surface area (Å²) in [5.74, 6) is -7.12. The van der Waals surface area contributed by atoms with Crippen molar-refractivity contribution < 1.29 is 172 Å². The van der Waals surface area contributed by atoms with Crippen molar-refractivity contribution in [3.63, 3.8) is 0 Å². The molecule has 13 rings (SSSR count). The van der Waals surface area contributed by atoms with Crippen molar-refractivity contribution in [2.75, 3.05) is 26.4 Å². The molecule has 0 radical (unpaired) electrons. The highest BCUT2D eigenvalue weighted by atomic mass is 16.7. The van der Waals surface area contributed by atoms with Gasteiger partial charge >= 0.3 is 107 Å². The maximum Gasteiger partial charge on any atom is 0.350 e. The summed E-state index contributed by atoms with van der Waals surface area (Å²) in [6, 6.07) is 0. The number of carbonyl (C=O) groups is 18. The van der Waals surface area contributed by atoms with Crippen LogP contribution in [0.15, 0.2) is 0 Å². The molecule has 36 nitrogen and oxygen atoms in total. The molecular weight excluding hydrogens is 1830 g/mol. The summed E-state index contributed by atoms with van der Waals surface area (Å²) in [6.45, 7) is 49.9. The predicted molar refractivity (Wildman–Crippen MR) is 497 cm³/mol. The number of hydrogen-bond donors (Lipinski definition) is 0. The van der Waals surface area contributed by atoms with Gasteiger partial charge < -0.3 is 85.3 Å². The molecule has 140 heavy (non-hydrogen) atoms. The SMILES string of the molecule is CCC(C)(C)C(=O)OC(C)(C)C(=O)OC1CC2CCC1(C)OC2=O.CCC(C)(C)C(=O)OCCC(=O)OC1(C)CCC2CC1(C)OC2=O.CCC(C)(C)C(=O)OCCC(=O)OC1(C)CCC2CC1OC2=O.CCC(C)(C)C(=O)OCCC(=O)OC1CCC2CC1(C)OC2=O.CCC(C)(C)C(=O)OCCC(=O)OC1CCC2CC1OC2=O.CCC(C)C(=O)OC(C)(C)C(=O)OC1(C)CCC2CC1(C)OC2=O. The van der Waals surface area contributed by atoms with Gasteiger partial charge in [-0.2, -0.15) is 0 Å². The molecule has 0 amide bonds. The highest BCUT2D eigenvalue weighted by Gasteiger charge is 2.64. The smallest absolute Gasteiger partial charge is 0.350 e. The summed E-state index contributed by atoms with van der Waals surface area (Å²) in [7, 11) is 0. The van der Waals surface area contributed by atoms with Gasteiger partial charge in [0.2, 0.25) is 11.2 Å². The van der Waals surface area contributed by atoms with E-state index in [2.05, 4.69) is 0 Å². The molecule has 7 heterocycles. The fraction of sp³-hybridized carbons (Fsp3) is 0.827. The fourth-order valence-corrected chi connectivity index (χ4v) is 17.7. The molecule has 36 heteroatoms. The van der Waals surface area contributed by atoms with Gasteiger partial charge in [-0.15, -0.1) is 0 Å². The molecule has 7 saturated heterocycles. The predicted octanol–water partition coefficient (Wildman–Crippen LogP) is 15.1. The Kier molecular flexibility index (Phi) is 39.0. The number of carbonyl (C=O) groups excluding carboxylic acids is 18. The molecule has 0 aromatic heterocycles. The van der Waals surface area contributed by atoms with Crippen molar-refractivity contribution in [2.24, 2.45) is 68.5 Å². The fourth-order valence-electron chi connectivity index (χ4n) is 17.7. The first-order chi connectivity index (χ1) is 64.6. The van der Waals surface area contributed by atoms with Crippen LogP contribution in [0.5, 0.6) is 0 Å². The van der Waals surface area contributed by atoms with E-state index in [1.54, 1.807) is 76.2 Å². The highest BCUT2D eigenvalue weighted by Crippen LogP contribution is 2.54. The Balaban J connectivity index is 0.000000228. The summed E-state index contributed by atoms with van der Waals surface area (Å²) >= 11 is 0. The van der Waals surface area contributed by atoms with E-state index in [0.29, 0.717) is 148 Å². The van der Waals surface area contributed by atoms with Crippen molar-refractivity contribution in [3.8, 4) is 0 Å². The van der Waals surface area contributed by atoms with E-state index in [-0.39, 0.29) is 172 Å². The molecule has 792 valence electrons. The zero-order valence-corrected chi connectivity index (χ0v) is 88.3. The van der Waals surface area contributed by atoms with E-state index in [9.17, 15) is 86.3 Å². The zero-order chi connectivity index (χ0) is 106. The van der Waals surface area contributed by atoms with Crippen molar-refractivity contribution in [1.82, 2.24) is 0 Å². The van der Waals surface area contributed by atoms with Crippen molar-refractivity contribution in [2.45, 2.75) is 455 Å². The van der Waals surface area contributed by atoms with E-state index in [4.69, 9.17) is 85.3 Å². The Labute approximate surface area is 824 Å². The summed E-state index contributed by atoms with van der Waals surface area (Å²) in [5.41, 5.74) is -11.3. The number of esters is 18. The molecule has 7 aliphatic heterocycles. The third-order valence-corrected chi connectivity index (χ3v) is 31.3. The van der Waals surface area contributed by atoms with E-state index in [1.807, 2.05) is 90.0 Å². The van der Waals surface area contributed by atoms with Gasteiger partial charge in [-0.25, -0.2) is 9.59 Å². The summed E-state index contributed by atoms with van der Waals surface area (Å²) in [6.07, 6.45) is 13.2. The van der Waals surface area contributed by atoms with Crippen LogP contribution in [-0.4, -0.2) is 215 Å². The topological polar surface area (TPSA) is 473 Å². The Morgan fingerprint density at radius 2 is 0.721 bits per heavy atom. The number of hydrogen-bond acceptors (Lipinski definition) is 36. The molecule has 0 aromatic carbocycles. The Morgan fingerprint density at radius 1 is 0.343 bits per heavy atom. The second-order valence-corrected chi connectivity index (χ2v) is 45.4. The van der Waals surface area contributed by atoms with Crippen LogP contribution in [0.4, 0.5) is 0 Å². The van der Waals surface area contributed by atoms with Crippen molar-refractivity contribution >= 4 is 107 Å². The first-order valence-electron chi connectivity index (χ1n) is 50.3. The normalized spacial score (nSPS) is 30.5. The Bertz CT molecular complexity index is 4530. The number of rotatable bonds is 34. The minimum Gasteiger partial charge on any atom is -0.465 e. The number of ether oxygens (including phenoxy) is 18. The van der Waals surface area contributed by atoms with Crippen molar-refractivity contribution in [1.29, 1.82) is 0 Å². The molecule has 6 aliphatic carbocycles. The molecule has 13 aliphatic rings. The minimum atomic E-state index is -1.39. The standard InChI is InChI=1S/3C18H28O6.2C17H26O6.C16H24O6/c1-7-16(2,3)14(20)24-17(4,5)15(21)22-12-10-11-8-9-18(12,6)23-13(11)19;1-7-11(2)13(19)22-16(3,4)15(21)24-17(5)9-8-12-10-18(17,6)23-14(12)20;1-6-16(2,3)15(21)22-10-8-13(19)23-17(4)9-7-12-11-18(17,5)24-14(12)20;1-5-16(2,3)15(20)21-9-7-13(18)23-17(4)8-6-11-10-12(17)22-14(11)19;1-5-16(2,3)15(20)21-9-8-13(18)22-12-7-6-11-10-17(12,4)23-14(11)19;1-4-16(2,3)15(19)20-8-7-13(17)21-11-6-5-10-9-12(11)22-14(10)18/h2*11-12H,7-10H2,1-6H3;12H,6-11H2,1-5H3;2*11-12H,5-10H2,1-4H3;10-12H,4-9H2,1-3H3. The second-order valence-electron chi connectivity index (χ2n) is 45.4. The largest absolute Gasteiger partial charge is 0.465 e. The molecule has 0 aromatic rings. The van der Waals surface area contributed by atoms with Crippen LogP contribution in [-0.2, 0) is 172 Å². The average molecular weight is 1990 g/mol. The lowest BCUT2D eigenvalue weighted by Crippen LogP contribution is -2.58. The van der Waals surface area contributed by atoms with Crippen LogP contribution in [0, 0.1) is 68.5 Å². The van der Waals surface area contributed by atoms with E-state index in [1.165, 1.54) is 27.7 Å². The second kappa shape index (κ2) is 46.4. The van der Waals surface area contributed by atoms with Gasteiger partial charge in [0.05, 0.1) is 94.2 Å². The average Bonchev–Trinajstić information content (AvgIpc) is 1.60. The van der Waals surface area contributed by atoms with E-state index in [0.717, 1.165) is 6.42 Å². The first-order valence-corrected chi connectivity index (χ1v) is 50.3. The van der Waals surface area contributed by atoms with Crippen LogP contribution < -0.4 is 0 Å². The monoisotopic (exact) mass is 1990 g/mol. The lowest BCUT2D eigenvalue weighted by molar-refractivity contribution is -0.225. The van der Waals surface area contributed by atoms with Crippen LogP contribution in [0.1, 0.15) is 374 Å². The lowest BCUT2D eigenvalue weighted by Gasteiger charge is -2.48. The van der Waals surface area contributed by atoms with Gasteiger partial charge in [-0.3, -0.25) is 76.7 Å². The molecule has 0 N–H and O–H groups in total. The highest BCUT2D eigenvalue weighted by molar-refractivity contribution is 5.87. The van der Waals surface area contributed by atoms with Gasteiger partial charge in [-0.1, -0.05) is 48.5 Å². The van der Waals surface area contributed by atoms with Gasteiger partial charge in [0.1, 0.15) is 96.2 Å². The summed E-state index contributed by atoms with van der Waals surface area (Å²) in [5, 5.41) is 0. The molecular formula is C104H160O36. The first kappa shape index (κ1) is 117. The summed E-state index contributed by atoms with van der Waals surface area (Å²) in [4.78, 5) is 215. The van der Waals surface area contributed by atoms with Crippen LogP contribution in [0.3, 0.4) is 0 Å². The molecule has 6 saturated carbocycles. The van der Waals surface area contributed by atoms with Gasteiger partial charge in [0.15, 0.2) is 0 Å². The minimum absolute atomic E-state index is 0.00367. The molecule has 12 bridgehead atoms.